The van der Waals surface area contributed by atoms with Crippen molar-refractivity contribution < 1.29 is 4.79 Å². The van der Waals surface area contributed by atoms with Crippen LogP contribution in [-0.2, 0) is 0 Å². The van der Waals surface area contributed by atoms with Crippen molar-refractivity contribution in [1.29, 1.82) is 0 Å². The van der Waals surface area contributed by atoms with E-state index in [0.717, 1.165) is 24.0 Å². The summed E-state index contributed by atoms with van der Waals surface area (Å²) in [6.07, 6.45) is 4.07. The second-order valence-corrected chi connectivity index (χ2v) is 6.07. The third-order valence-corrected chi connectivity index (χ3v) is 4.67. The van der Waals surface area contributed by atoms with Crippen LogP contribution in [0.5, 0.6) is 0 Å². The molecule has 1 saturated heterocycles. The minimum atomic E-state index is -0.112. The molecule has 2 heterocycles. The van der Waals surface area contributed by atoms with Crippen LogP contribution in [0.3, 0.4) is 0 Å². The van der Waals surface area contributed by atoms with E-state index in [1.165, 1.54) is 24.2 Å². The maximum Gasteiger partial charge on any atom is 0.263 e. The first kappa shape index (κ1) is 13.9. The van der Waals surface area contributed by atoms with Gasteiger partial charge in [0.1, 0.15) is 4.88 Å². The topological polar surface area (TPSA) is 58.4 Å². The van der Waals surface area contributed by atoms with Crippen molar-refractivity contribution in [2.75, 3.05) is 30.3 Å². The Kier molecular flexibility index (Phi) is 4.47. The van der Waals surface area contributed by atoms with Gasteiger partial charge in [0.15, 0.2) is 0 Å². The van der Waals surface area contributed by atoms with E-state index >= 15 is 0 Å². The molecular weight excluding hydrogens is 258 g/mol. The highest BCUT2D eigenvalue weighted by molar-refractivity contribution is 7.18. The summed E-state index contributed by atoms with van der Waals surface area (Å²) in [5, 5.41) is 3.87. The molecule has 1 aliphatic heterocycles. The van der Waals surface area contributed by atoms with Gasteiger partial charge in [-0.15, -0.1) is 17.9 Å². The maximum absolute atomic E-state index is 11.9. The molecule has 0 radical (unpaired) electrons. The third-order valence-electron chi connectivity index (χ3n) is 3.46. The fourth-order valence-corrected chi connectivity index (χ4v) is 3.25. The van der Waals surface area contributed by atoms with E-state index in [2.05, 4.69) is 23.7 Å². The molecule has 4 nitrogen and oxygen atoms in total. The molecule has 3 N–H and O–H groups in total. The van der Waals surface area contributed by atoms with E-state index in [9.17, 15) is 4.79 Å². The molecule has 0 aromatic carbocycles. The smallest absolute Gasteiger partial charge is 0.263 e. The van der Waals surface area contributed by atoms with Gasteiger partial charge in [-0.2, -0.15) is 0 Å². The molecule has 104 valence electrons. The van der Waals surface area contributed by atoms with Crippen molar-refractivity contribution in [3.8, 4) is 0 Å². The minimum Gasteiger partial charge on any atom is -0.397 e. The Bertz CT molecular complexity index is 461. The van der Waals surface area contributed by atoms with Gasteiger partial charge in [0, 0.05) is 19.6 Å². The molecule has 1 fully saturated rings. The number of nitrogens with two attached hydrogens (primary N) is 1. The molecule has 1 aliphatic rings. The monoisotopic (exact) mass is 279 g/mol. The summed E-state index contributed by atoms with van der Waals surface area (Å²) in [6, 6.07) is 1.92. The van der Waals surface area contributed by atoms with Gasteiger partial charge >= 0.3 is 0 Å². The van der Waals surface area contributed by atoms with E-state index in [4.69, 9.17) is 5.73 Å². The van der Waals surface area contributed by atoms with E-state index in [1.807, 2.05) is 6.07 Å². The van der Waals surface area contributed by atoms with Gasteiger partial charge in [0.05, 0.1) is 10.7 Å². The molecule has 1 aromatic rings. The predicted molar refractivity (Wildman–Crippen MR) is 81.9 cm³/mol. The molecule has 0 spiro atoms. The molecule has 5 heteroatoms. The van der Waals surface area contributed by atoms with E-state index < -0.39 is 0 Å². The lowest BCUT2D eigenvalue weighted by Crippen LogP contribution is -2.32. The molecule has 2 rings (SSSR count). The number of hydrogen-bond acceptors (Lipinski definition) is 4. The number of nitrogens with one attached hydrogen (secondary N) is 1. The molecule has 1 aromatic heterocycles. The first-order valence-corrected chi connectivity index (χ1v) is 7.46. The summed E-state index contributed by atoms with van der Waals surface area (Å²) >= 11 is 1.48. The molecule has 0 saturated carbocycles. The number of hydrogen-bond donors (Lipinski definition) is 2. The Labute approximate surface area is 118 Å². The van der Waals surface area contributed by atoms with Crippen LogP contribution in [0.25, 0.3) is 0 Å². The van der Waals surface area contributed by atoms with Crippen molar-refractivity contribution in [1.82, 2.24) is 5.32 Å². The molecule has 19 heavy (non-hydrogen) atoms. The van der Waals surface area contributed by atoms with Crippen LogP contribution in [0.2, 0.25) is 0 Å². The maximum atomic E-state index is 11.9. The van der Waals surface area contributed by atoms with Crippen molar-refractivity contribution in [3.05, 3.63) is 23.6 Å². The Hall–Kier alpha value is -1.49. The second-order valence-electron chi connectivity index (χ2n) is 5.04. The van der Waals surface area contributed by atoms with Crippen LogP contribution in [0.15, 0.2) is 18.7 Å². The third kappa shape index (κ3) is 3.29. The highest BCUT2D eigenvalue weighted by Gasteiger charge is 2.20. The first-order valence-electron chi connectivity index (χ1n) is 6.65. The lowest BCUT2D eigenvalue weighted by atomic mass is 9.99. The predicted octanol–water partition coefficient (Wildman–Crippen LogP) is 2.48. The Morgan fingerprint density at radius 3 is 2.95 bits per heavy atom. The van der Waals surface area contributed by atoms with Gasteiger partial charge in [-0.05, 0) is 24.8 Å². The molecule has 0 aliphatic carbocycles. The number of nitrogens with zero attached hydrogens (tertiary/aromatic N) is 1. The minimum absolute atomic E-state index is 0.112. The molecule has 1 amide bonds. The summed E-state index contributed by atoms with van der Waals surface area (Å²) in [6.45, 7) is 8.44. The molecule has 0 bridgehead atoms. The van der Waals surface area contributed by atoms with Crippen molar-refractivity contribution >= 4 is 27.9 Å². The summed E-state index contributed by atoms with van der Waals surface area (Å²) < 4.78 is 0. The van der Waals surface area contributed by atoms with Crippen LogP contribution in [0.4, 0.5) is 10.7 Å². The lowest BCUT2D eigenvalue weighted by Gasteiger charge is -2.30. The number of carbonyl (C=O) groups excluding carboxylic acids is 1. The van der Waals surface area contributed by atoms with Crippen LogP contribution in [0.1, 0.15) is 29.4 Å². The Balaban J connectivity index is 2.07. The zero-order valence-electron chi connectivity index (χ0n) is 11.3. The van der Waals surface area contributed by atoms with Crippen LogP contribution < -0.4 is 16.0 Å². The SMILES string of the molecule is C=CCNC(=O)c1sc(N2CCC(C)CC2)cc1N. The number of nitrogen functional groups attached to an aromatic ring is 1. The molecule has 0 unspecified atom stereocenters. The zero-order chi connectivity index (χ0) is 13.8. The van der Waals surface area contributed by atoms with Gasteiger partial charge in [-0.3, -0.25) is 4.79 Å². The van der Waals surface area contributed by atoms with E-state index in [0.29, 0.717) is 17.1 Å². The quantitative estimate of drug-likeness (QED) is 0.833. The fraction of sp³-hybridized carbons (Fsp3) is 0.500. The van der Waals surface area contributed by atoms with Gasteiger partial charge in [-0.1, -0.05) is 13.0 Å². The van der Waals surface area contributed by atoms with Gasteiger partial charge < -0.3 is 16.0 Å². The summed E-state index contributed by atoms with van der Waals surface area (Å²) in [5.41, 5.74) is 6.51. The normalized spacial score (nSPS) is 16.4. The molecule has 0 atom stereocenters. The lowest BCUT2D eigenvalue weighted by molar-refractivity contribution is 0.0963. The highest BCUT2D eigenvalue weighted by Crippen LogP contribution is 2.34. The number of rotatable bonds is 4. The van der Waals surface area contributed by atoms with Crippen LogP contribution in [-0.4, -0.2) is 25.5 Å². The summed E-state index contributed by atoms with van der Waals surface area (Å²) in [5.74, 6) is 0.683. The Morgan fingerprint density at radius 1 is 1.63 bits per heavy atom. The largest absolute Gasteiger partial charge is 0.397 e. The zero-order valence-corrected chi connectivity index (χ0v) is 12.1. The second kappa shape index (κ2) is 6.10. The average Bonchev–Trinajstić information content (AvgIpc) is 2.79. The van der Waals surface area contributed by atoms with Crippen LogP contribution >= 0.6 is 11.3 Å². The van der Waals surface area contributed by atoms with E-state index in [1.54, 1.807) is 6.08 Å². The Morgan fingerprint density at radius 2 is 2.32 bits per heavy atom. The number of thiophene rings is 1. The number of carbonyl (C=O) groups is 1. The number of amides is 1. The van der Waals surface area contributed by atoms with Crippen LogP contribution in [0, 0.1) is 5.92 Å². The number of piperidine rings is 1. The van der Waals surface area contributed by atoms with Crippen molar-refractivity contribution in [2.24, 2.45) is 5.92 Å². The average molecular weight is 279 g/mol. The van der Waals surface area contributed by atoms with Gasteiger partial charge in [-0.25, -0.2) is 0 Å². The summed E-state index contributed by atoms with van der Waals surface area (Å²) in [7, 11) is 0. The highest BCUT2D eigenvalue weighted by atomic mass is 32.1. The summed E-state index contributed by atoms with van der Waals surface area (Å²) in [4.78, 5) is 14.9. The van der Waals surface area contributed by atoms with Crippen molar-refractivity contribution in [2.45, 2.75) is 19.8 Å². The van der Waals surface area contributed by atoms with Crippen molar-refractivity contribution in [3.63, 3.8) is 0 Å². The number of anilines is 2. The van der Waals surface area contributed by atoms with E-state index in [-0.39, 0.29) is 5.91 Å². The first-order chi connectivity index (χ1) is 9.11. The van der Waals surface area contributed by atoms with Gasteiger partial charge in [0.25, 0.3) is 5.91 Å². The van der Waals surface area contributed by atoms with Gasteiger partial charge in [0.2, 0.25) is 0 Å². The molecular formula is C14H21N3OS. The fourth-order valence-electron chi connectivity index (χ4n) is 2.20. The standard InChI is InChI=1S/C14H21N3OS/c1-3-6-16-14(18)13-11(15)9-12(19-13)17-7-4-10(2)5-8-17/h3,9-10H,1,4-8,15H2,2H3,(H,16,18).